The normalized spacial score (nSPS) is 10.6. The van der Waals surface area contributed by atoms with Gasteiger partial charge >= 0.3 is 0 Å². The van der Waals surface area contributed by atoms with Crippen molar-refractivity contribution in [1.82, 2.24) is 10.6 Å². The van der Waals surface area contributed by atoms with Crippen LogP contribution in [0.25, 0.3) is 0 Å². The van der Waals surface area contributed by atoms with Crippen molar-refractivity contribution in [2.45, 2.75) is 19.4 Å². The number of aryl methyl sites for hydroxylation is 1. The van der Waals surface area contributed by atoms with Gasteiger partial charge in [0.2, 0.25) is 0 Å². The van der Waals surface area contributed by atoms with Crippen molar-refractivity contribution in [3.8, 4) is 17.2 Å². The predicted octanol–water partition coefficient (Wildman–Crippen LogP) is 3.63. The Hall–Kier alpha value is -2.16. The topological polar surface area (TPSA) is 64.1 Å². The van der Waals surface area contributed by atoms with E-state index in [1.807, 2.05) is 18.2 Å². The third-order valence-corrected chi connectivity index (χ3v) is 4.23. The number of benzene rings is 2. The zero-order valence-corrected chi connectivity index (χ0v) is 19.3. The summed E-state index contributed by atoms with van der Waals surface area (Å²) in [5.74, 6) is 2.79. The number of ether oxygens (including phenoxy) is 3. The van der Waals surface area contributed by atoms with Crippen molar-refractivity contribution in [2.75, 3.05) is 34.9 Å². The molecule has 0 aromatic heterocycles. The van der Waals surface area contributed by atoms with Crippen molar-refractivity contribution < 1.29 is 14.2 Å². The molecule has 0 spiro atoms. The Morgan fingerprint density at radius 1 is 0.893 bits per heavy atom. The zero-order valence-electron chi connectivity index (χ0n) is 17.0. The van der Waals surface area contributed by atoms with Crippen LogP contribution in [0.3, 0.4) is 0 Å². The van der Waals surface area contributed by atoms with E-state index >= 15 is 0 Å². The quantitative estimate of drug-likeness (QED) is 0.239. The minimum Gasteiger partial charge on any atom is -0.496 e. The molecule has 0 aliphatic heterocycles. The molecule has 0 radical (unpaired) electrons. The van der Waals surface area contributed by atoms with E-state index in [1.165, 1.54) is 5.56 Å². The molecule has 154 valence electrons. The molecular formula is C21H30IN3O3. The molecule has 0 heterocycles. The maximum Gasteiger partial charge on any atom is 0.191 e. The molecule has 0 unspecified atom stereocenters. The van der Waals surface area contributed by atoms with Crippen LogP contribution in [0.2, 0.25) is 0 Å². The van der Waals surface area contributed by atoms with Gasteiger partial charge in [-0.25, -0.2) is 0 Å². The van der Waals surface area contributed by atoms with Gasteiger partial charge in [-0.15, -0.1) is 24.0 Å². The van der Waals surface area contributed by atoms with Crippen molar-refractivity contribution in [3.63, 3.8) is 0 Å². The second kappa shape index (κ2) is 13.1. The molecule has 7 heteroatoms. The summed E-state index contributed by atoms with van der Waals surface area (Å²) in [5, 5.41) is 6.65. The van der Waals surface area contributed by atoms with Gasteiger partial charge in [0.25, 0.3) is 0 Å². The van der Waals surface area contributed by atoms with Gasteiger partial charge in [-0.3, -0.25) is 4.99 Å². The van der Waals surface area contributed by atoms with Crippen LogP contribution in [0.15, 0.2) is 47.5 Å². The monoisotopic (exact) mass is 499 g/mol. The molecule has 2 N–H and O–H groups in total. The molecule has 0 aliphatic rings. The highest BCUT2D eigenvalue weighted by molar-refractivity contribution is 14.0. The standard InChI is InChI=1S/C21H29N3O3.HI/c1-22-21(23-12-8-11-16-9-6-5-7-10-16)24-15-17-13-19(26-3)20(27-4)14-18(17)25-2;/h5-7,9-10,13-14H,8,11-12,15H2,1-4H3,(H2,22,23,24);1H. The average molecular weight is 499 g/mol. The van der Waals surface area contributed by atoms with Crippen LogP contribution in [0, 0.1) is 0 Å². The van der Waals surface area contributed by atoms with Gasteiger partial charge in [-0.1, -0.05) is 30.3 Å². The largest absolute Gasteiger partial charge is 0.496 e. The Labute approximate surface area is 184 Å². The van der Waals surface area contributed by atoms with E-state index in [0.717, 1.165) is 36.7 Å². The van der Waals surface area contributed by atoms with E-state index in [4.69, 9.17) is 14.2 Å². The fraction of sp³-hybridized carbons (Fsp3) is 0.381. The van der Waals surface area contributed by atoms with Crippen LogP contribution in [0.4, 0.5) is 0 Å². The molecule has 6 nitrogen and oxygen atoms in total. The van der Waals surface area contributed by atoms with Gasteiger partial charge in [0.15, 0.2) is 17.5 Å². The Balaban J connectivity index is 0.00000392. The van der Waals surface area contributed by atoms with Crippen molar-refractivity contribution >= 4 is 29.9 Å². The summed E-state index contributed by atoms with van der Waals surface area (Å²) < 4.78 is 16.2. The van der Waals surface area contributed by atoms with E-state index in [0.29, 0.717) is 18.0 Å². The number of nitrogens with zero attached hydrogens (tertiary/aromatic N) is 1. The van der Waals surface area contributed by atoms with Crippen LogP contribution < -0.4 is 24.8 Å². The lowest BCUT2D eigenvalue weighted by Crippen LogP contribution is -2.37. The van der Waals surface area contributed by atoms with Crippen LogP contribution in [0.5, 0.6) is 17.2 Å². The maximum atomic E-state index is 5.46. The fourth-order valence-corrected chi connectivity index (χ4v) is 2.77. The first-order chi connectivity index (χ1) is 13.2. The summed E-state index contributed by atoms with van der Waals surface area (Å²) in [6, 6.07) is 14.2. The van der Waals surface area contributed by atoms with Crippen molar-refractivity contribution in [1.29, 1.82) is 0 Å². The number of guanidine groups is 1. The van der Waals surface area contributed by atoms with Gasteiger partial charge < -0.3 is 24.8 Å². The Morgan fingerprint density at radius 3 is 2.14 bits per heavy atom. The van der Waals surface area contributed by atoms with Crippen LogP contribution in [-0.4, -0.2) is 40.9 Å². The van der Waals surface area contributed by atoms with Crippen molar-refractivity contribution in [2.24, 2.45) is 4.99 Å². The summed E-state index contributed by atoms with van der Waals surface area (Å²) in [6.07, 6.45) is 2.07. The molecule has 0 atom stereocenters. The summed E-state index contributed by atoms with van der Waals surface area (Å²) in [7, 11) is 6.63. The molecule has 2 aromatic carbocycles. The second-order valence-corrected chi connectivity index (χ2v) is 5.96. The number of hydrogen-bond donors (Lipinski definition) is 2. The predicted molar refractivity (Wildman–Crippen MR) is 124 cm³/mol. The molecule has 0 saturated carbocycles. The third kappa shape index (κ3) is 7.10. The van der Waals surface area contributed by atoms with E-state index < -0.39 is 0 Å². The van der Waals surface area contributed by atoms with Gasteiger partial charge in [0.05, 0.1) is 21.3 Å². The maximum absolute atomic E-state index is 5.46. The molecule has 0 amide bonds. The van der Waals surface area contributed by atoms with Gasteiger partial charge in [0, 0.05) is 31.8 Å². The Bertz CT molecular complexity index is 739. The lowest BCUT2D eigenvalue weighted by atomic mass is 10.1. The molecule has 2 aromatic rings. The van der Waals surface area contributed by atoms with Crippen LogP contribution >= 0.6 is 24.0 Å². The first-order valence-corrected chi connectivity index (χ1v) is 8.99. The molecule has 2 rings (SSSR count). The zero-order chi connectivity index (χ0) is 19.5. The highest BCUT2D eigenvalue weighted by Crippen LogP contribution is 2.34. The summed E-state index contributed by atoms with van der Waals surface area (Å²) in [5.41, 5.74) is 2.31. The fourth-order valence-electron chi connectivity index (χ4n) is 2.77. The summed E-state index contributed by atoms with van der Waals surface area (Å²) in [6.45, 7) is 1.40. The molecule has 0 aliphatic carbocycles. The molecule has 0 bridgehead atoms. The first kappa shape index (κ1) is 23.9. The number of methoxy groups -OCH3 is 3. The number of rotatable bonds is 9. The van der Waals surface area contributed by atoms with Crippen molar-refractivity contribution in [3.05, 3.63) is 53.6 Å². The molecular weight excluding hydrogens is 469 g/mol. The number of nitrogens with one attached hydrogen (secondary N) is 2. The lowest BCUT2D eigenvalue weighted by molar-refractivity contribution is 0.347. The number of aliphatic imine (C=N–C) groups is 1. The Kier molecular flexibility index (Phi) is 11.2. The smallest absolute Gasteiger partial charge is 0.191 e. The molecule has 0 fully saturated rings. The van der Waals surface area contributed by atoms with Crippen LogP contribution in [-0.2, 0) is 13.0 Å². The van der Waals surface area contributed by atoms with E-state index in [-0.39, 0.29) is 24.0 Å². The SMILES string of the molecule is CN=C(NCCCc1ccccc1)NCc1cc(OC)c(OC)cc1OC.I. The van der Waals surface area contributed by atoms with E-state index in [1.54, 1.807) is 28.4 Å². The minimum absolute atomic E-state index is 0. The number of hydrogen-bond acceptors (Lipinski definition) is 4. The minimum atomic E-state index is 0. The Morgan fingerprint density at radius 2 is 1.54 bits per heavy atom. The van der Waals surface area contributed by atoms with Gasteiger partial charge in [-0.2, -0.15) is 0 Å². The van der Waals surface area contributed by atoms with E-state index in [9.17, 15) is 0 Å². The van der Waals surface area contributed by atoms with Gasteiger partial charge in [-0.05, 0) is 24.5 Å². The highest BCUT2D eigenvalue weighted by atomic mass is 127. The molecule has 28 heavy (non-hydrogen) atoms. The number of halogens is 1. The molecule has 0 saturated heterocycles. The second-order valence-electron chi connectivity index (χ2n) is 5.96. The summed E-state index contributed by atoms with van der Waals surface area (Å²) in [4.78, 5) is 4.28. The average Bonchev–Trinajstić information content (AvgIpc) is 2.73. The van der Waals surface area contributed by atoms with Gasteiger partial charge in [0.1, 0.15) is 5.75 Å². The first-order valence-electron chi connectivity index (χ1n) is 8.99. The third-order valence-electron chi connectivity index (χ3n) is 4.23. The van der Waals surface area contributed by atoms with E-state index in [2.05, 4.69) is 39.9 Å². The van der Waals surface area contributed by atoms with Crippen LogP contribution in [0.1, 0.15) is 17.5 Å². The lowest BCUT2D eigenvalue weighted by Gasteiger charge is -2.16. The summed E-state index contributed by atoms with van der Waals surface area (Å²) >= 11 is 0. The highest BCUT2D eigenvalue weighted by Gasteiger charge is 2.12.